The Morgan fingerprint density at radius 3 is 2.32 bits per heavy atom. The van der Waals surface area contributed by atoms with Crippen molar-refractivity contribution in [1.29, 1.82) is 0 Å². The fourth-order valence-corrected chi connectivity index (χ4v) is 4.95. The highest BCUT2D eigenvalue weighted by Gasteiger charge is 2.34. The molecule has 1 aliphatic rings. The summed E-state index contributed by atoms with van der Waals surface area (Å²) in [5, 5.41) is 9.84. The highest BCUT2D eigenvalue weighted by Crippen LogP contribution is 2.33. The largest absolute Gasteiger partial charge is 0.390 e. The molecule has 0 atom stereocenters. The SMILES string of the molecule is CCn1c(=O)c2c(CF)c(C(=O)N3CCC(C)(O)CC3)sc2n(CCC(F)(F)F)c1=O. The topological polar surface area (TPSA) is 84.5 Å². The van der Waals surface area contributed by atoms with Crippen LogP contribution in [0.25, 0.3) is 10.2 Å². The first-order valence-corrected chi connectivity index (χ1v) is 10.6. The van der Waals surface area contributed by atoms with Gasteiger partial charge in [0.15, 0.2) is 0 Å². The Morgan fingerprint density at radius 2 is 1.81 bits per heavy atom. The van der Waals surface area contributed by atoms with Crippen LogP contribution in [0.4, 0.5) is 17.6 Å². The van der Waals surface area contributed by atoms with Gasteiger partial charge in [-0.05, 0) is 26.7 Å². The zero-order valence-corrected chi connectivity index (χ0v) is 17.9. The fourth-order valence-electron chi connectivity index (χ4n) is 3.67. The van der Waals surface area contributed by atoms with E-state index in [1.165, 1.54) is 11.8 Å². The van der Waals surface area contributed by atoms with Crippen LogP contribution >= 0.6 is 11.3 Å². The minimum absolute atomic E-state index is 0.105. The van der Waals surface area contributed by atoms with Gasteiger partial charge in [-0.1, -0.05) is 0 Å². The van der Waals surface area contributed by atoms with E-state index in [1.807, 2.05) is 0 Å². The first-order chi connectivity index (χ1) is 14.4. The number of alkyl halides is 4. The molecule has 31 heavy (non-hydrogen) atoms. The number of thiophene rings is 1. The summed E-state index contributed by atoms with van der Waals surface area (Å²) in [6, 6.07) is 0. The Bertz CT molecular complexity index is 1110. The number of carbonyl (C=O) groups is 1. The second-order valence-corrected chi connectivity index (χ2v) is 8.86. The average Bonchev–Trinajstić information content (AvgIpc) is 3.06. The molecule has 3 heterocycles. The molecule has 12 heteroatoms. The number of fused-ring (bicyclic) bond motifs is 1. The number of carbonyl (C=O) groups excluding carboxylic acids is 1. The van der Waals surface area contributed by atoms with Gasteiger partial charge in [0.1, 0.15) is 16.4 Å². The predicted octanol–water partition coefficient (Wildman–Crippen LogP) is 2.65. The number of aryl methyl sites for hydroxylation is 1. The highest BCUT2D eigenvalue weighted by atomic mass is 32.1. The minimum Gasteiger partial charge on any atom is -0.390 e. The number of halogens is 4. The molecule has 1 N–H and O–H groups in total. The molecular weight excluding hydrogens is 442 g/mol. The standard InChI is InChI=1S/C19H23F4N3O4S/c1-3-25-14(27)12-11(10-20)13(15(28)24-7-4-18(2,30)5-8-24)31-16(12)26(17(25)29)9-6-19(21,22)23/h30H,3-10H2,1-2H3. The summed E-state index contributed by atoms with van der Waals surface area (Å²) in [7, 11) is 0. The minimum atomic E-state index is -4.54. The number of amides is 1. The number of hydrogen-bond donors (Lipinski definition) is 1. The normalized spacial score (nSPS) is 16.8. The fraction of sp³-hybridized carbons (Fsp3) is 0.632. The van der Waals surface area contributed by atoms with E-state index in [1.54, 1.807) is 6.92 Å². The smallest absolute Gasteiger partial charge is 0.390 e. The van der Waals surface area contributed by atoms with Crippen LogP contribution in [0.15, 0.2) is 9.59 Å². The molecule has 1 saturated heterocycles. The van der Waals surface area contributed by atoms with Gasteiger partial charge in [0, 0.05) is 31.7 Å². The molecule has 1 amide bonds. The zero-order chi connectivity index (χ0) is 23.1. The lowest BCUT2D eigenvalue weighted by Gasteiger charge is -2.35. The molecule has 0 bridgehead atoms. The maximum Gasteiger partial charge on any atom is 0.390 e. The molecule has 0 aliphatic carbocycles. The van der Waals surface area contributed by atoms with E-state index >= 15 is 0 Å². The van der Waals surface area contributed by atoms with E-state index in [2.05, 4.69) is 0 Å². The van der Waals surface area contributed by atoms with Crippen LogP contribution < -0.4 is 11.2 Å². The lowest BCUT2D eigenvalue weighted by molar-refractivity contribution is -0.136. The van der Waals surface area contributed by atoms with Crippen molar-refractivity contribution in [2.45, 2.75) is 64.7 Å². The Morgan fingerprint density at radius 1 is 1.19 bits per heavy atom. The number of nitrogens with zero attached hydrogens (tertiary/aromatic N) is 3. The van der Waals surface area contributed by atoms with Gasteiger partial charge in [0.2, 0.25) is 0 Å². The van der Waals surface area contributed by atoms with Crippen LogP contribution in [0.1, 0.15) is 48.3 Å². The van der Waals surface area contributed by atoms with Crippen molar-refractivity contribution in [3.8, 4) is 0 Å². The van der Waals surface area contributed by atoms with Crippen LogP contribution in [0.3, 0.4) is 0 Å². The van der Waals surface area contributed by atoms with Gasteiger partial charge in [-0.25, -0.2) is 9.18 Å². The van der Waals surface area contributed by atoms with Gasteiger partial charge >= 0.3 is 11.9 Å². The maximum atomic E-state index is 14.0. The van der Waals surface area contributed by atoms with Crippen LogP contribution in [0.5, 0.6) is 0 Å². The van der Waals surface area contributed by atoms with E-state index in [0.29, 0.717) is 24.2 Å². The van der Waals surface area contributed by atoms with Gasteiger partial charge in [0.25, 0.3) is 11.5 Å². The van der Waals surface area contributed by atoms with Gasteiger partial charge in [-0.15, -0.1) is 11.3 Å². The third-order valence-corrected chi connectivity index (χ3v) is 6.79. The Hall–Kier alpha value is -2.21. The molecular formula is C19H23F4N3O4S. The number of piperidine rings is 1. The van der Waals surface area contributed by atoms with Crippen LogP contribution in [-0.2, 0) is 19.8 Å². The summed E-state index contributed by atoms with van der Waals surface area (Å²) < 4.78 is 53.9. The van der Waals surface area contributed by atoms with E-state index in [0.717, 1.165) is 9.13 Å². The molecule has 1 fully saturated rings. The summed E-state index contributed by atoms with van der Waals surface area (Å²) in [5.74, 6) is -0.568. The Kier molecular flexibility index (Phi) is 6.34. The van der Waals surface area contributed by atoms with E-state index in [-0.39, 0.29) is 40.3 Å². The average molecular weight is 465 g/mol. The molecule has 0 unspecified atom stereocenters. The molecule has 0 aromatic carbocycles. The number of likely N-dealkylation sites (tertiary alicyclic amines) is 1. The summed E-state index contributed by atoms with van der Waals surface area (Å²) in [6.45, 7) is 1.53. The lowest BCUT2D eigenvalue weighted by Crippen LogP contribution is -2.45. The maximum absolute atomic E-state index is 14.0. The molecule has 7 nitrogen and oxygen atoms in total. The molecule has 1 aliphatic heterocycles. The van der Waals surface area contributed by atoms with Crippen molar-refractivity contribution in [2.75, 3.05) is 13.1 Å². The number of rotatable bonds is 5. The molecule has 3 rings (SSSR count). The Labute approximate surface area is 178 Å². The van der Waals surface area contributed by atoms with Gasteiger partial charge in [0.05, 0.1) is 17.4 Å². The summed E-state index contributed by atoms with van der Waals surface area (Å²) in [4.78, 5) is 39.7. The van der Waals surface area contributed by atoms with Crippen molar-refractivity contribution >= 4 is 27.5 Å². The van der Waals surface area contributed by atoms with E-state index in [4.69, 9.17) is 0 Å². The summed E-state index contributed by atoms with van der Waals surface area (Å²) in [5.41, 5.74) is -2.89. The van der Waals surface area contributed by atoms with Crippen LogP contribution in [0.2, 0.25) is 0 Å². The molecule has 172 valence electrons. The van der Waals surface area contributed by atoms with Crippen molar-refractivity contribution in [1.82, 2.24) is 14.0 Å². The summed E-state index contributed by atoms with van der Waals surface area (Å²) in [6.07, 6.45) is -5.22. The highest BCUT2D eigenvalue weighted by molar-refractivity contribution is 7.20. The molecule has 0 saturated carbocycles. The van der Waals surface area contributed by atoms with Crippen molar-refractivity contribution < 1.29 is 27.5 Å². The van der Waals surface area contributed by atoms with Crippen LogP contribution in [0, 0.1) is 0 Å². The Balaban J connectivity index is 2.16. The molecule has 2 aromatic rings. The lowest BCUT2D eigenvalue weighted by atomic mass is 9.93. The van der Waals surface area contributed by atoms with Gasteiger partial charge < -0.3 is 10.0 Å². The second kappa shape index (κ2) is 8.38. The van der Waals surface area contributed by atoms with Gasteiger partial charge in [-0.3, -0.25) is 18.7 Å². The number of aromatic nitrogens is 2. The van der Waals surface area contributed by atoms with E-state index in [9.17, 15) is 37.1 Å². The molecule has 2 aromatic heterocycles. The third kappa shape index (κ3) is 4.54. The molecule has 0 spiro atoms. The first-order valence-electron chi connectivity index (χ1n) is 9.83. The number of aliphatic hydroxyl groups is 1. The second-order valence-electron chi connectivity index (χ2n) is 7.86. The molecule has 0 radical (unpaired) electrons. The third-order valence-electron chi connectivity index (χ3n) is 5.55. The zero-order valence-electron chi connectivity index (χ0n) is 17.1. The number of hydrogen-bond acceptors (Lipinski definition) is 5. The van der Waals surface area contributed by atoms with Crippen molar-refractivity contribution in [3.63, 3.8) is 0 Å². The monoisotopic (exact) mass is 465 g/mol. The van der Waals surface area contributed by atoms with Gasteiger partial charge in [-0.2, -0.15) is 13.2 Å². The quantitative estimate of drug-likeness (QED) is 0.689. The first kappa shape index (κ1) is 23.5. The van der Waals surface area contributed by atoms with E-state index < -0.39 is 48.6 Å². The summed E-state index contributed by atoms with van der Waals surface area (Å²) >= 11 is 0.663. The predicted molar refractivity (Wildman–Crippen MR) is 107 cm³/mol. The van der Waals surface area contributed by atoms with Crippen molar-refractivity contribution in [2.24, 2.45) is 0 Å². The van der Waals surface area contributed by atoms with Crippen molar-refractivity contribution in [3.05, 3.63) is 31.3 Å². The van der Waals surface area contributed by atoms with Crippen LogP contribution in [-0.4, -0.2) is 49.9 Å².